The van der Waals surface area contributed by atoms with E-state index in [4.69, 9.17) is 4.74 Å². The number of halogens is 1. The maximum Gasteiger partial charge on any atom is 0.340 e. The van der Waals surface area contributed by atoms with E-state index in [1.54, 1.807) is 43.3 Å². The monoisotopic (exact) mass is 329 g/mol. The molecule has 5 heteroatoms. The van der Waals surface area contributed by atoms with Crippen LogP contribution in [0.2, 0.25) is 0 Å². The van der Waals surface area contributed by atoms with Gasteiger partial charge in [-0.15, -0.1) is 0 Å². The first-order valence-electron chi connectivity index (χ1n) is 7.87. The molecule has 0 aliphatic rings. The predicted molar refractivity (Wildman–Crippen MR) is 90.5 cm³/mol. The summed E-state index contributed by atoms with van der Waals surface area (Å²) < 4.78 is 18.3. The molecule has 0 fully saturated rings. The number of likely N-dealkylation sites (N-methyl/N-ethyl adjacent to an activating group) is 1. The van der Waals surface area contributed by atoms with Crippen molar-refractivity contribution in [3.05, 3.63) is 65.5 Å². The Kier molecular flexibility index (Phi) is 6.07. The number of ether oxygens (including phenoxy) is 1. The molecule has 0 aliphatic carbocycles. The van der Waals surface area contributed by atoms with Gasteiger partial charge >= 0.3 is 5.97 Å². The summed E-state index contributed by atoms with van der Waals surface area (Å²) in [6.07, 6.45) is 0.0583. The molecule has 0 N–H and O–H groups in total. The molecule has 0 atom stereocenters. The van der Waals surface area contributed by atoms with Gasteiger partial charge in [-0.3, -0.25) is 4.79 Å². The first kappa shape index (κ1) is 17.7. The van der Waals surface area contributed by atoms with Gasteiger partial charge in [0.25, 0.3) is 0 Å². The van der Waals surface area contributed by atoms with E-state index in [0.717, 1.165) is 0 Å². The minimum atomic E-state index is -0.467. The molecule has 0 bridgehead atoms. The summed E-state index contributed by atoms with van der Waals surface area (Å²) in [6, 6.07) is 12.8. The van der Waals surface area contributed by atoms with Crippen molar-refractivity contribution in [3.8, 4) is 0 Å². The van der Waals surface area contributed by atoms with E-state index in [-0.39, 0.29) is 24.8 Å². The standard InChI is InChI=1S/C19H20FNO3/c1-3-21(18(22)13-14-8-7-9-15(20)12-14)17-11-6-5-10-16(17)19(23)24-4-2/h5-12H,3-4,13H2,1-2H3. The Morgan fingerprint density at radius 3 is 2.50 bits per heavy atom. The lowest BCUT2D eigenvalue weighted by molar-refractivity contribution is -0.117. The number of rotatable bonds is 6. The lowest BCUT2D eigenvalue weighted by atomic mass is 10.1. The maximum absolute atomic E-state index is 13.3. The van der Waals surface area contributed by atoms with Gasteiger partial charge in [-0.2, -0.15) is 0 Å². The molecular weight excluding hydrogens is 309 g/mol. The predicted octanol–water partition coefficient (Wildman–Crippen LogP) is 3.60. The van der Waals surface area contributed by atoms with Gasteiger partial charge in [0.05, 0.1) is 24.3 Å². The third kappa shape index (κ3) is 4.19. The van der Waals surface area contributed by atoms with Gasteiger partial charge in [-0.1, -0.05) is 24.3 Å². The number of esters is 1. The average Bonchev–Trinajstić information content (AvgIpc) is 2.56. The molecule has 0 radical (unpaired) electrons. The van der Waals surface area contributed by atoms with E-state index in [1.807, 2.05) is 6.92 Å². The quantitative estimate of drug-likeness (QED) is 0.761. The van der Waals surface area contributed by atoms with E-state index >= 15 is 0 Å². The second kappa shape index (κ2) is 8.24. The highest BCUT2D eigenvalue weighted by atomic mass is 19.1. The second-order valence-electron chi connectivity index (χ2n) is 5.18. The minimum absolute atomic E-state index is 0.0583. The molecule has 2 rings (SSSR count). The SMILES string of the molecule is CCOC(=O)c1ccccc1N(CC)C(=O)Cc1cccc(F)c1. The Bertz CT molecular complexity index is 730. The summed E-state index contributed by atoms with van der Waals surface area (Å²) >= 11 is 0. The van der Waals surface area contributed by atoms with Crippen LogP contribution < -0.4 is 4.90 Å². The van der Waals surface area contributed by atoms with Crippen LogP contribution in [0.1, 0.15) is 29.8 Å². The first-order chi connectivity index (χ1) is 11.6. The molecule has 0 spiro atoms. The van der Waals surface area contributed by atoms with Crippen LogP contribution in [-0.4, -0.2) is 25.0 Å². The number of amides is 1. The van der Waals surface area contributed by atoms with Crippen LogP contribution in [0.15, 0.2) is 48.5 Å². The Morgan fingerprint density at radius 1 is 1.08 bits per heavy atom. The van der Waals surface area contributed by atoms with Crippen LogP contribution in [0.25, 0.3) is 0 Å². The van der Waals surface area contributed by atoms with E-state index in [9.17, 15) is 14.0 Å². The second-order valence-corrected chi connectivity index (χ2v) is 5.18. The van der Waals surface area contributed by atoms with Crippen molar-refractivity contribution in [2.75, 3.05) is 18.1 Å². The number of benzene rings is 2. The fourth-order valence-electron chi connectivity index (χ4n) is 2.49. The van der Waals surface area contributed by atoms with E-state index in [0.29, 0.717) is 23.4 Å². The van der Waals surface area contributed by atoms with Crippen molar-refractivity contribution < 1.29 is 18.7 Å². The molecule has 1 amide bonds. The highest BCUT2D eigenvalue weighted by molar-refractivity contribution is 6.03. The van der Waals surface area contributed by atoms with Gasteiger partial charge in [0.2, 0.25) is 5.91 Å². The molecule has 2 aromatic rings. The molecule has 0 heterocycles. The fraction of sp³-hybridized carbons (Fsp3) is 0.263. The molecule has 0 unspecified atom stereocenters. The van der Waals surface area contributed by atoms with E-state index < -0.39 is 5.97 Å². The first-order valence-corrected chi connectivity index (χ1v) is 7.87. The van der Waals surface area contributed by atoms with Crippen LogP contribution in [0.4, 0.5) is 10.1 Å². The van der Waals surface area contributed by atoms with Crippen LogP contribution in [0.3, 0.4) is 0 Å². The van der Waals surface area contributed by atoms with Crippen molar-refractivity contribution in [3.63, 3.8) is 0 Å². The summed E-state index contributed by atoms with van der Waals surface area (Å²) in [7, 11) is 0. The van der Waals surface area contributed by atoms with Gasteiger partial charge in [-0.25, -0.2) is 9.18 Å². The highest BCUT2D eigenvalue weighted by Crippen LogP contribution is 2.22. The molecule has 0 saturated heterocycles. The van der Waals surface area contributed by atoms with Gasteiger partial charge in [0.15, 0.2) is 0 Å². The van der Waals surface area contributed by atoms with Crippen molar-refractivity contribution >= 4 is 17.6 Å². The zero-order chi connectivity index (χ0) is 17.5. The zero-order valence-electron chi connectivity index (χ0n) is 13.8. The number of carbonyl (C=O) groups is 2. The molecule has 24 heavy (non-hydrogen) atoms. The summed E-state index contributed by atoms with van der Waals surface area (Å²) in [6.45, 7) is 4.21. The number of para-hydroxylation sites is 1. The molecule has 2 aromatic carbocycles. The number of nitrogens with zero attached hydrogens (tertiary/aromatic N) is 1. The number of hydrogen-bond donors (Lipinski definition) is 0. The van der Waals surface area contributed by atoms with Gasteiger partial charge in [-0.05, 0) is 43.7 Å². The van der Waals surface area contributed by atoms with Crippen LogP contribution in [0.5, 0.6) is 0 Å². The average molecular weight is 329 g/mol. The number of carbonyl (C=O) groups excluding carboxylic acids is 2. The number of hydrogen-bond acceptors (Lipinski definition) is 3. The third-order valence-electron chi connectivity index (χ3n) is 3.55. The van der Waals surface area contributed by atoms with Gasteiger partial charge in [0.1, 0.15) is 5.82 Å². The lowest BCUT2D eigenvalue weighted by Gasteiger charge is -2.23. The molecule has 0 saturated carbocycles. The van der Waals surface area contributed by atoms with Crippen molar-refractivity contribution in [2.45, 2.75) is 20.3 Å². The molecule has 0 aliphatic heterocycles. The van der Waals surface area contributed by atoms with Crippen molar-refractivity contribution in [1.82, 2.24) is 0 Å². The van der Waals surface area contributed by atoms with Crippen molar-refractivity contribution in [2.24, 2.45) is 0 Å². The number of anilines is 1. The van der Waals surface area contributed by atoms with Crippen LogP contribution in [0, 0.1) is 5.82 Å². The molecule has 0 aromatic heterocycles. The summed E-state index contributed by atoms with van der Waals surface area (Å²) in [5.74, 6) is -1.06. The maximum atomic E-state index is 13.3. The normalized spacial score (nSPS) is 10.3. The smallest absolute Gasteiger partial charge is 0.340 e. The Morgan fingerprint density at radius 2 is 1.83 bits per heavy atom. The minimum Gasteiger partial charge on any atom is -0.462 e. The molecular formula is C19H20FNO3. The van der Waals surface area contributed by atoms with Gasteiger partial charge < -0.3 is 9.64 Å². The van der Waals surface area contributed by atoms with Crippen LogP contribution in [-0.2, 0) is 16.0 Å². The summed E-state index contributed by atoms with van der Waals surface area (Å²) in [4.78, 5) is 26.3. The Labute approximate surface area is 140 Å². The van der Waals surface area contributed by atoms with Gasteiger partial charge in [0, 0.05) is 6.54 Å². The summed E-state index contributed by atoms with van der Waals surface area (Å²) in [5, 5.41) is 0. The highest BCUT2D eigenvalue weighted by Gasteiger charge is 2.21. The third-order valence-corrected chi connectivity index (χ3v) is 3.55. The van der Waals surface area contributed by atoms with E-state index in [1.165, 1.54) is 17.0 Å². The van der Waals surface area contributed by atoms with Crippen molar-refractivity contribution in [1.29, 1.82) is 0 Å². The topological polar surface area (TPSA) is 46.6 Å². The summed E-state index contributed by atoms with van der Waals surface area (Å²) in [5.41, 5.74) is 1.43. The van der Waals surface area contributed by atoms with Crippen LogP contribution >= 0.6 is 0 Å². The fourth-order valence-corrected chi connectivity index (χ4v) is 2.49. The van der Waals surface area contributed by atoms with E-state index in [2.05, 4.69) is 0 Å². The zero-order valence-corrected chi connectivity index (χ0v) is 13.8. The molecule has 126 valence electrons. The lowest BCUT2D eigenvalue weighted by Crippen LogP contribution is -2.33. The Balaban J connectivity index is 2.28. The largest absolute Gasteiger partial charge is 0.462 e. The molecule has 4 nitrogen and oxygen atoms in total. The Hall–Kier alpha value is -2.69.